The number of benzene rings is 1. The van der Waals surface area contributed by atoms with Crippen molar-refractivity contribution in [3.05, 3.63) is 35.4 Å². The van der Waals surface area contributed by atoms with Gasteiger partial charge in [0, 0.05) is 31.7 Å². The van der Waals surface area contributed by atoms with Crippen LogP contribution in [0.5, 0.6) is 0 Å². The van der Waals surface area contributed by atoms with Gasteiger partial charge in [-0.2, -0.15) is 0 Å². The Balaban J connectivity index is 1.42. The van der Waals surface area contributed by atoms with Crippen LogP contribution in [0.1, 0.15) is 54.4 Å². The molecule has 1 aliphatic heterocycles. The van der Waals surface area contributed by atoms with Gasteiger partial charge in [0.05, 0.1) is 0 Å². The summed E-state index contributed by atoms with van der Waals surface area (Å²) in [5, 5.41) is 0. The van der Waals surface area contributed by atoms with E-state index in [1.165, 1.54) is 50.6 Å². The maximum absolute atomic E-state index is 12.5. The molecule has 0 unspecified atom stereocenters. The molecule has 1 saturated carbocycles. The second-order valence-corrected chi connectivity index (χ2v) is 7.29. The lowest BCUT2D eigenvalue weighted by atomic mass is 9.87. The van der Waals surface area contributed by atoms with Gasteiger partial charge >= 0.3 is 0 Å². The molecule has 0 bridgehead atoms. The molecular weight excluding hydrogens is 284 g/mol. The zero-order chi connectivity index (χ0) is 16.1. The van der Waals surface area contributed by atoms with Crippen LogP contribution in [0.2, 0.25) is 0 Å². The summed E-state index contributed by atoms with van der Waals surface area (Å²) in [6.45, 7) is 7.08. The van der Waals surface area contributed by atoms with Crippen molar-refractivity contribution in [3.8, 4) is 0 Å². The summed E-state index contributed by atoms with van der Waals surface area (Å²) in [5.41, 5.74) is 2.03. The first-order valence-electron chi connectivity index (χ1n) is 9.30. The smallest absolute Gasteiger partial charge is 0.253 e. The molecule has 0 radical (unpaired) electrons. The van der Waals surface area contributed by atoms with E-state index in [2.05, 4.69) is 11.8 Å². The van der Waals surface area contributed by atoms with E-state index in [4.69, 9.17) is 0 Å². The Kier molecular flexibility index (Phi) is 5.71. The van der Waals surface area contributed by atoms with E-state index in [0.29, 0.717) is 0 Å². The maximum atomic E-state index is 12.5. The molecule has 1 aromatic rings. The number of carbonyl (C=O) groups excluding carboxylic acids is 1. The summed E-state index contributed by atoms with van der Waals surface area (Å²) in [4.78, 5) is 17.1. The number of hydrogen-bond donors (Lipinski definition) is 0. The van der Waals surface area contributed by atoms with Crippen LogP contribution in [-0.2, 0) is 0 Å². The number of piperazine rings is 1. The highest BCUT2D eigenvalue weighted by molar-refractivity contribution is 5.94. The van der Waals surface area contributed by atoms with Gasteiger partial charge in [0.25, 0.3) is 5.91 Å². The number of carbonyl (C=O) groups is 1. The summed E-state index contributed by atoms with van der Waals surface area (Å²) >= 11 is 0. The fraction of sp³-hybridized carbons (Fsp3) is 0.650. The molecule has 23 heavy (non-hydrogen) atoms. The Morgan fingerprint density at radius 2 is 1.65 bits per heavy atom. The fourth-order valence-corrected chi connectivity index (χ4v) is 3.89. The first-order chi connectivity index (χ1) is 11.2. The van der Waals surface area contributed by atoms with Crippen LogP contribution in [0.3, 0.4) is 0 Å². The first-order valence-corrected chi connectivity index (χ1v) is 9.30. The molecule has 126 valence electrons. The van der Waals surface area contributed by atoms with E-state index in [0.717, 1.165) is 37.7 Å². The van der Waals surface area contributed by atoms with Crippen molar-refractivity contribution in [1.82, 2.24) is 9.80 Å². The molecule has 1 aromatic carbocycles. The van der Waals surface area contributed by atoms with Crippen LogP contribution in [-0.4, -0.2) is 48.4 Å². The van der Waals surface area contributed by atoms with Gasteiger partial charge in [-0.15, -0.1) is 0 Å². The van der Waals surface area contributed by atoms with Gasteiger partial charge in [-0.3, -0.25) is 9.69 Å². The second kappa shape index (κ2) is 7.96. The van der Waals surface area contributed by atoms with Gasteiger partial charge in [-0.25, -0.2) is 0 Å². The van der Waals surface area contributed by atoms with E-state index in [1.54, 1.807) is 0 Å². The van der Waals surface area contributed by atoms with Crippen LogP contribution >= 0.6 is 0 Å². The number of hydrogen-bond acceptors (Lipinski definition) is 2. The largest absolute Gasteiger partial charge is 0.336 e. The van der Waals surface area contributed by atoms with Crippen molar-refractivity contribution in [2.45, 2.75) is 45.4 Å². The van der Waals surface area contributed by atoms with Gasteiger partial charge in [-0.05, 0) is 37.9 Å². The average molecular weight is 314 g/mol. The van der Waals surface area contributed by atoms with E-state index in [9.17, 15) is 4.79 Å². The van der Waals surface area contributed by atoms with E-state index < -0.39 is 0 Å². The van der Waals surface area contributed by atoms with Crippen molar-refractivity contribution in [3.63, 3.8) is 0 Å². The van der Waals surface area contributed by atoms with Crippen molar-refractivity contribution >= 4 is 5.91 Å². The second-order valence-electron chi connectivity index (χ2n) is 7.29. The molecular formula is C20H30N2O. The van der Waals surface area contributed by atoms with Crippen molar-refractivity contribution in [2.75, 3.05) is 32.7 Å². The third-order valence-electron chi connectivity index (χ3n) is 5.54. The number of amides is 1. The summed E-state index contributed by atoms with van der Waals surface area (Å²) < 4.78 is 0. The zero-order valence-corrected chi connectivity index (χ0v) is 14.5. The van der Waals surface area contributed by atoms with E-state index in [-0.39, 0.29) is 5.91 Å². The molecule has 3 rings (SSSR count). The van der Waals surface area contributed by atoms with E-state index in [1.807, 2.05) is 29.2 Å². The van der Waals surface area contributed by atoms with Crippen LogP contribution in [0.4, 0.5) is 0 Å². The molecule has 0 atom stereocenters. The monoisotopic (exact) mass is 314 g/mol. The van der Waals surface area contributed by atoms with Crippen LogP contribution in [0, 0.1) is 12.8 Å². The molecule has 3 nitrogen and oxygen atoms in total. The predicted molar refractivity (Wildman–Crippen MR) is 94.7 cm³/mol. The van der Waals surface area contributed by atoms with Gasteiger partial charge < -0.3 is 4.90 Å². The molecule has 3 heteroatoms. The minimum atomic E-state index is 0.192. The average Bonchev–Trinajstić information content (AvgIpc) is 2.61. The minimum absolute atomic E-state index is 0.192. The molecule has 2 aliphatic rings. The first kappa shape index (κ1) is 16.5. The lowest BCUT2D eigenvalue weighted by molar-refractivity contribution is 0.0627. The summed E-state index contributed by atoms with van der Waals surface area (Å²) in [6, 6.07) is 7.95. The molecule has 0 spiro atoms. The molecule has 1 heterocycles. The van der Waals surface area contributed by atoms with Crippen LogP contribution in [0.25, 0.3) is 0 Å². The van der Waals surface area contributed by atoms with Gasteiger partial charge in [0.2, 0.25) is 0 Å². The zero-order valence-electron chi connectivity index (χ0n) is 14.5. The van der Waals surface area contributed by atoms with Crippen LogP contribution < -0.4 is 0 Å². The van der Waals surface area contributed by atoms with Gasteiger partial charge in [0.1, 0.15) is 0 Å². The van der Waals surface area contributed by atoms with Gasteiger partial charge in [0.15, 0.2) is 0 Å². The third kappa shape index (κ3) is 4.57. The molecule has 1 saturated heterocycles. The Labute approximate surface area is 140 Å². The highest BCUT2D eigenvalue weighted by Gasteiger charge is 2.22. The SMILES string of the molecule is Cc1ccc(C(=O)N2CCN(CCC3CCCCC3)CC2)cc1. The van der Waals surface area contributed by atoms with Crippen LogP contribution in [0.15, 0.2) is 24.3 Å². The minimum Gasteiger partial charge on any atom is -0.336 e. The van der Waals surface area contributed by atoms with Crippen molar-refractivity contribution in [1.29, 1.82) is 0 Å². The Hall–Kier alpha value is -1.35. The van der Waals surface area contributed by atoms with Crippen molar-refractivity contribution in [2.24, 2.45) is 5.92 Å². The third-order valence-corrected chi connectivity index (χ3v) is 5.54. The Bertz CT molecular complexity index is 497. The molecule has 1 amide bonds. The lowest BCUT2D eigenvalue weighted by Gasteiger charge is -2.35. The molecule has 2 fully saturated rings. The fourth-order valence-electron chi connectivity index (χ4n) is 3.89. The highest BCUT2D eigenvalue weighted by Crippen LogP contribution is 2.26. The number of nitrogens with zero attached hydrogens (tertiary/aromatic N) is 2. The normalized spacial score (nSPS) is 20.7. The molecule has 1 aliphatic carbocycles. The van der Waals surface area contributed by atoms with Crippen molar-refractivity contribution < 1.29 is 4.79 Å². The number of aryl methyl sites for hydroxylation is 1. The Morgan fingerprint density at radius 3 is 2.30 bits per heavy atom. The topological polar surface area (TPSA) is 23.6 Å². The maximum Gasteiger partial charge on any atom is 0.253 e. The summed E-state index contributed by atoms with van der Waals surface area (Å²) in [5.74, 6) is 1.15. The van der Waals surface area contributed by atoms with E-state index >= 15 is 0 Å². The highest BCUT2D eigenvalue weighted by atomic mass is 16.2. The lowest BCUT2D eigenvalue weighted by Crippen LogP contribution is -2.49. The molecule has 0 aromatic heterocycles. The Morgan fingerprint density at radius 1 is 1.00 bits per heavy atom. The summed E-state index contributed by atoms with van der Waals surface area (Å²) in [7, 11) is 0. The van der Waals surface area contributed by atoms with Gasteiger partial charge in [-0.1, -0.05) is 49.8 Å². The standard InChI is InChI=1S/C20H30N2O/c1-17-7-9-19(10-8-17)20(23)22-15-13-21(14-16-22)12-11-18-5-3-2-4-6-18/h7-10,18H,2-6,11-16H2,1H3. The summed E-state index contributed by atoms with van der Waals surface area (Å²) in [6.07, 6.45) is 8.53. The predicted octanol–water partition coefficient (Wildman–Crippen LogP) is 3.72. The number of rotatable bonds is 4. The molecule has 0 N–H and O–H groups in total. The quantitative estimate of drug-likeness (QED) is 0.845.